The highest BCUT2D eigenvalue weighted by Gasteiger charge is 2.61. The molecular formula is C24H25Cl2NO3. The first kappa shape index (κ1) is 20.2. The number of aryl methyl sites for hydroxylation is 1. The van der Waals surface area contributed by atoms with Gasteiger partial charge in [-0.15, -0.1) is 0 Å². The van der Waals surface area contributed by atoms with Gasteiger partial charge in [0.25, 0.3) is 0 Å². The summed E-state index contributed by atoms with van der Waals surface area (Å²) >= 11 is 12.5. The number of carbonyl (C=O) groups excluding carboxylic acids is 1. The maximum atomic E-state index is 12.0. The zero-order valence-electron chi connectivity index (χ0n) is 16.9. The van der Waals surface area contributed by atoms with Crippen molar-refractivity contribution in [3.8, 4) is 5.75 Å². The largest absolute Gasteiger partial charge is 0.489 e. The molecule has 4 nitrogen and oxygen atoms in total. The number of piperidine rings is 1. The molecule has 1 heterocycles. The summed E-state index contributed by atoms with van der Waals surface area (Å²) in [6, 6.07) is 12.3. The summed E-state index contributed by atoms with van der Waals surface area (Å²) in [6.07, 6.45) is 2.18. The Morgan fingerprint density at radius 1 is 1.13 bits per heavy atom. The molecule has 0 N–H and O–H groups in total. The minimum Gasteiger partial charge on any atom is -0.489 e. The first-order chi connectivity index (χ1) is 14.6. The Bertz CT molecular complexity index is 947. The van der Waals surface area contributed by atoms with Gasteiger partial charge in [-0.2, -0.15) is 0 Å². The molecule has 1 aliphatic heterocycles. The first-order valence-electron chi connectivity index (χ1n) is 10.7. The van der Waals surface area contributed by atoms with Crippen molar-refractivity contribution in [2.24, 2.45) is 17.8 Å². The second-order valence-corrected chi connectivity index (χ2v) is 9.28. The summed E-state index contributed by atoms with van der Waals surface area (Å²) in [7, 11) is 0. The number of nitrogens with zero attached hydrogens (tertiary/aromatic N) is 1. The molecule has 3 aliphatic rings. The van der Waals surface area contributed by atoms with Crippen molar-refractivity contribution >= 4 is 29.2 Å². The molecule has 0 amide bonds. The number of halogens is 2. The molecule has 2 fully saturated rings. The normalized spacial score (nSPS) is 26.9. The number of esters is 1. The van der Waals surface area contributed by atoms with Gasteiger partial charge in [0, 0.05) is 34.7 Å². The highest BCUT2D eigenvalue weighted by molar-refractivity contribution is 6.35. The summed E-state index contributed by atoms with van der Waals surface area (Å²) < 4.78 is 11.2. The predicted molar refractivity (Wildman–Crippen MR) is 117 cm³/mol. The van der Waals surface area contributed by atoms with Gasteiger partial charge in [0.05, 0.1) is 12.5 Å². The number of hydrogen-bond donors (Lipinski definition) is 0. The van der Waals surface area contributed by atoms with E-state index in [0.717, 1.165) is 37.2 Å². The highest BCUT2D eigenvalue weighted by atomic mass is 35.5. The van der Waals surface area contributed by atoms with Crippen LogP contribution in [0.3, 0.4) is 0 Å². The van der Waals surface area contributed by atoms with Crippen LogP contribution in [0.4, 0.5) is 0 Å². The van der Waals surface area contributed by atoms with Gasteiger partial charge in [0.1, 0.15) is 12.4 Å². The molecule has 1 saturated carbocycles. The minimum atomic E-state index is -0.000569. The molecule has 2 aromatic rings. The van der Waals surface area contributed by atoms with Crippen LogP contribution in [0.2, 0.25) is 10.0 Å². The van der Waals surface area contributed by atoms with E-state index >= 15 is 0 Å². The Kier molecular flexibility index (Phi) is 5.42. The molecule has 1 unspecified atom stereocenters. The third kappa shape index (κ3) is 3.59. The third-order valence-corrected chi connectivity index (χ3v) is 7.54. The Morgan fingerprint density at radius 2 is 1.87 bits per heavy atom. The lowest BCUT2D eigenvalue weighted by Gasteiger charge is -2.27. The van der Waals surface area contributed by atoms with Crippen molar-refractivity contribution in [1.29, 1.82) is 0 Å². The van der Waals surface area contributed by atoms with Crippen molar-refractivity contribution in [2.75, 3.05) is 19.7 Å². The number of ether oxygens (including phenoxy) is 2. The monoisotopic (exact) mass is 445 g/mol. The number of hydrogen-bond acceptors (Lipinski definition) is 4. The number of benzene rings is 2. The van der Waals surface area contributed by atoms with Gasteiger partial charge >= 0.3 is 5.97 Å². The Hall–Kier alpha value is -1.75. The van der Waals surface area contributed by atoms with Crippen molar-refractivity contribution in [3.05, 3.63) is 63.1 Å². The van der Waals surface area contributed by atoms with Crippen LogP contribution in [-0.2, 0) is 22.6 Å². The van der Waals surface area contributed by atoms with E-state index < -0.39 is 0 Å². The lowest BCUT2D eigenvalue weighted by Crippen LogP contribution is -2.30. The zero-order chi connectivity index (χ0) is 20.8. The van der Waals surface area contributed by atoms with E-state index in [1.54, 1.807) is 0 Å². The van der Waals surface area contributed by atoms with Crippen molar-refractivity contribution in [2.45, 2.75) is 32.4 Å². The van der Waals surface area contributed by atoms with E-state index in [-0.39, 0.29) is 11.9 Å². The summed E-state index contributed by atoms with van der Waals surface area (Å²) in [5.74, 6) is 1.94. The second-order valence-electron chi connectivity index (χ2n) is 8.46. The van der Waals surface area contributed by atoms with E-state index in [1.807, 2.05) is 31.2 Å². The molecular weight excluding hydrogens is 421 g/mol. The molecule has 2 aliphatic carbocycles. The highest BCUT2D eigenvalue weighted by Crippen LogP contribution is 2.55. The van der Waals surface area contributed by atoms with E-state index in [2.05, 4.69) is 17.0 Å². The van der Waals surface area contributed by atoms with Gasteiger partial charge in [0.2, 0.25) is 0 Å². The van der Waals surface area contributed by atoms with E-state index in [9.17, 15) is 4.79 Å². The Labute approximate surface area is 187 Å². The fourth-order valence-electron chi connectivity index (χ4n) is 5.27. The molecule has 0 spiro atoms. The average molecular weight is 446 g/mol. The number of fused-ring (bicyclic) bond motifs is 2. The van der Waals surface area contributed by atoms with E-state index in [0.29, 0.717) is 41.1 Å². The molecule has 0 radical (unpaired) electrons. The van der Waals surface area contributed by atoms with E-state index in [1.165, 1.54) is 11.1 Å². The van der Waals surface area contributed by atoms with Gasteiger partial charge in [-0.25, -0.2) is 0 Å². The van der Waals surface area contributed by atoms with Crippen LogP contribution in [-0.4, -0.2) is 30.6 Å². The minimum absolute atomic E-state index is 0.000569. The summed E-state index contributed by atoms with van der Waals surface area (Å²) in [5.41, 5.74) is 3.56. The standard InChI is InChI=1S/C24H25Cl2NO3/c1-2-29-24(28)23-17-11-27(12-18(17)23)22-9-6-14-10-15(7-8-16(14)22)30-13-19-20(25)4-3-5-21(19)26/h3-5,7-8,10,17-18,22-23H,2,6,9,11-13H2,1H3/t17-,18+,22?,23+. The zero-order valence-corrected chi connectivity index (χ0v) is 18.5. The molecule has 30 heavy (non-hydrogen) atoms. The SMILES string of the molecule is CCOC(=O)[C@H]1[C@@H]2CN(C3CCc4cc(OCc5c(Cl)cccc5Cl)ccc43)C[C@@H]21. The lowest BCUT2D eigenvalue weighted by molar-refractivity contribution is -0.145. The van der Waals surface area contributed by atoms with Gasteiger partial charge in [-0.3, -0.25) is 9.69 Å². The van der Waals surface area contributed by atoms with Crippen molar-refractivity contribution in [3.63, 3.8) is 0 Å². The Morgan fingerprint density at radius 3 is 2.57 bits per heavy atom. The fourth-order valence-corrected chi connectivity index (χ4v) is 5.77. The van der Waals surface area contributed by atoms with Gasteiger partial charge in [0.15, 0.2) is 0 Å². The number of rotatable bonds is 6. The van der Waals surface area contributed by atoms with Crippen LogP contribution in [0.1, 0.15) is 36.1 Å². The van der Waals surface area contributed by atoms with Gasteiger partial charge in [-0.05, 0) is 67.0 Å². The topological polar surface area (TPSA) is 38.8 Å². The molecule has 0 aromatic heterocycles. The Balaban J connectivity index is 1.22. The van der Waals surface area contributed by atoms with E-state index in [4.69, 9.17) is 32.7 Å². The fraction of sp³-hybridized carbons (Fsp3) is 0.458. The smallest absolute Gasteiger partial charge is 0.309 e. The molecule has 1 saturated heterocycles. The molecule has 0 bridgehead atoms. The summed E-state index contributed by atoms with van der Waals surface area (Å²) in [5, 5.41) is 1.25. The molecule has 2 aromatic carbocycles. The van der Waals surface area contributed by atoms with Crippen LogP contribution in [0.5, 0.6) is 5.75 Å². The summed E-state index contributed by atoms with van der Waals surface area (Å²) in [4.78, 5) is 14.6. The molecule has 4 atom stereocenters. The maximum Gasteiger partial charge on any atom is 0.309 e. The number of likely N-dealkylation sites (tertiary alicyclic amines) is 1. The van der Waals surface area contributed by atoms with Crippen molar-refractivity contribution in [1.82, 2.24) is 4.90 Å². The average Bonchev–Trinajstić information content (AvgIpc) is 3.05. The predicted octanol–water partition coefficient (Wildman–Crippen LogP) is 5.30. The molecule has 5 rings (SSSR count). The van der Waals surface area contributed by atoms with Crippen molar-refractivity contribution < 1.29 is 14.3 Å². The summed E-state index contributed by atoms with van der Waals surface area (Å²) in [6.45, 7) is 4.70. The van der Waals surface area contributed by atoms with Crippen LogP contribution in [0, 0.1) is 17.8 Å². The number of carbonyl (C=O) groups is 1. The third-order valence-electron chi connectivity index (χ3n) is 6.83. The molecule has 158 valence electrons. The quantitative estimate of drug-likeness (QED) is 0.565. The van der Waals surface area contributed by atoms with Gasteiger partial charge in [-0.1, -0.05) is 35.3 Å². The lowest BCUT2D eigenvalue weighted by atomic mass is 10.1. The first-order valence-corrected chi connectivity index (χ1v) is 11.4. The van der Waals surface area contributed by atoms with Crippen LogP contribution in [0.25, 0.3) is 0 Å². The van der Waals surface area contributed by atoms with Crippen LogP contribution in [0.15, 0.2) is 36.4 Å². The second kappa shape index (κ2) is 8.07. The van der Waals surface area contributed by atoms with Crippen LogP contribution < -0.4 is 4.74 Å². The molecule has 6 heteroatoms. The van der Waals surface area contributed by atoms with Gasteiger partial charge < -0.3 is 9.47 Å². The maximum absolute atomic E-state index is 12.0. The van der Waals surface area contributed by atoms with Crippen LogP contribution >= 0.6 is 23.2 Å².